The minimum atomic E-state index is -0.656. The number of benzene rings is 2. The first-order chi connectivity index (χ1) is 15.9. The molecule has 0 aliphatic carbocycles. The molecule has 1 amide bonds. The lowest BCUT2D eigenvalue weighted by Crippen LogP contribution is -2.41. The smallest absolute Gasteiger partial charge is 0.411 e. The van der Waals surface area contributed by atoms with E-state index in [0.717, 1.165) is 16.7 Å². The molecule has 1 aliphatic heterocycles. The molecule has 5 heteroatoms. The number of esters is 1. The molecular weight excluding hydrogens is 426 g/mol. The van der Waals surface area contributed by atoms with Crippen LogP contribution in [-0.4, -0.2) is 40.8 Å². The molecule has 0 radical (unpaired) electrons. The van der Waals surface area contributed by atoms with E-state index in [9.17, 15) is 9.59 Å². The van der Waals surface area contributed by atoms with Crippen LogP contribution in [0.4, 0.5) is 4.79 Å². The molecule has 0 saturated carbocycles. The van der Waals surface area contributed by atoms with Crippen molar-refractivity contribution < 1.29 is 19.1 Å². The molecule has 2 aromatic carbocycles. The van der Waals surface area contributed by atoms with E-state index in [2.05, 4.69) is 0 Å². The Morgan fingerprint density at radius 2 is 1.32 bits per heavy atom. The van der Waals surface area contributed by atoms with E-state index < -0.39 is 17.3 Å². The largest absolute Gasteiger partial charge is 0.457 e. The highest BCUT2D eigenvalue weighted by Crippen LogP contribution is 2.33. The summed E-state index contributed by atoms with van der Waals surface area (Å²) in [6.07, 6.45) is 3.81. The van der Waals surface area contributed by atoms with Gasteiger partial charge in [-0.25, -0.2) is 9.59 Å². The van der Waals surface area contributed by atoms with Crippen molar-refractivity contribution in [3.8, 4) is 0 Å². The topological polar surface area (TPSA) is 55.8 Å². The molecule has 34 heavy (non-hydrogen) atoms. The van der Waals surface area contributed by atoms with Crippen molar-refractivity contribution in [3.05, 3.63) is 89.5 Å². The van der Waals surface area contributed by atoms with Crippen molar-refractivity contribution in [3.63, 3.8) is 0 Å². The van der Waals surface area contributed by atoms with Crippen LogP contribution < -0.4 is 0 Å². The molecule has 0 saturated heterocycles. The lowest BCUT2D eigenvalue weighted by molar-refractivity contribution is -0.150. The van der Waals surface area contributed by atoms with Crippen molar-refractivity contribution >= 4 is 17.6 Å². The van der Waals surface area contributed by atoms with Gasteiger partial charge in [0.15, 0.2) is 0 Å². The number of ether oxygens (including phenoxy) is 2. The highest BCUT2D eigenvalue weighted by atomic mass is 16.6. The van der Waals surface area contributed by atoms with Gasteiger partial charge in [-0.1, -0.05) is 72.8 Å². The van der Waals surface area contributed by atoms with Crippen LogP contribution in [0.2, 0.25) is 0 Å². The van der Waals surface area contributed by atoms with Crippen LogP contribution in [0.1, 0.15) is 59.1 Å². The Kier molecular flexibility index (Phi) is 7.65. The second-order valence-electron chi connectivity index (χ2n) is 10.4. The summed E-state index contributed by atoms with van der Waals surface area (Å²) in [4.78, 5) is 28.1. The molecule has 1 atom stereocenters. The molecule has 0 aromatic heterocycles. The van der Waals surface area contributed by atoms with Gasteiger partial charge < -0.3 is 9.47 Å². The van der Waals surface area contributed by atoms with E-state index >= 15 is 0 Å². The molecule has 5 nitrogen and oxygen atoms in total. The fourth-order valence-corrected chi connectivity index (χ4v) is 3.84. The van der Waals surface area contributed by atoms with Crippen molar-refractivity contribution in [2.75, 3.05) is 6.54 Å². The second-order valence-corrected chi connectivity index (χ2v) is 10.4. The molecule has 0 bridgehead atoms. The van der Waals surface area contributed by atoms with E-state index in [-0.39, 0.29) is 12.0 Å². The average Bonchev–Trinajstić information content (AvgIpc) is 3.21. The number of carbonyl (C=O) groups is 2. The maximum Gasteiger partial charge on any atom is 0.411 e. The van der Waals surface area contributed by atoms with Gasteiger partial charge in [0.05, 0.1) is 6.04 Å². The van der Waals surface area contributed by atoms with Gasteiger partial charge in [0, 0.05) is 18.5 Å². The third-order valence-electron chi connectivity index (χ3n) is 5.17. The number of hydrogen-bond donors (Lipinski definition) is 0. The highest BCUT2D eigenvalue weighted by Gasteiger charge is 2.33. The first-order valence-electron chi connectivity index (χ1n) is 11.7. The standard InChI is InChI=1S/C29H35NO4/c1-28(2,3)33-26(31)24(20-23-18-13-19-30(23)27(32)34-29(4,5)6)25(21-14-9-7-10-15-21)22-16-11-8-12-17-22/h7-18,23H,19-20H2,1-6H3. The monoisotopic (exact) mass is 461 g/mol. The summed E-state index contributed by atoms with van der Waals surface area (Å²) in [5.74, 6) is -0.389. The summed E-state index contributed by atoms with van der Waals surface area (Å²) in [6, 6.07) is 19.3. The number of carbonyl (C=O) groups excluding carboxylic acids is 2. The summed E-state index contributed by atoms with van der Waals surface area (Å²) in [5, 5.41) is 0. The number of rotatable bonds is 5. The van der Waals surface area contributed by atoms with Crippen molar-refractivity contribution in [2.45, 2.75) is 65.2 Å². The Hall–Kier alpha value is -3.34. The third-order valence-corrected chi connectivity index (χ3v) is 5.17. The van der Waals surface area contributed by atoms with Gasteiger partial charge in [-0.15, -0.1) is 0 Å². The van der Waals surface area contributed by atoms with Crippen molar-refractivity contribution in [2.24, 2.45) is 0 Å². The zero-order chi connectivity index (χ0) is 24.9. The normalized spacial score (nSPS) is 15.7. The summed E-state index contributed by atoms with van der Waals surface area (Å²) < 4.78 is 11.5. The molecule has 3 rings (SSSR count). The first-order valence-corrected chi connectivity index (χ1v) is 11.7. The Bertz CT molecular complexity index is 1020. The molecule has 1 heterocycles. The molecule has 180 valence electrons. The van der Waals surface area contributed by atoms with Gasteiger partial charge in [0.1, 0.15) is 11.2 Å². The first kappa shape index (κ1) is 25.3. The number of amides is 1. The minimum absolute atomic E-state index is 0.309. The summed E-state index contributed by atoms with van der Waals surface area (Å²) in [6.45, 7) is 11.5. The van der Waals surface area contributed by atoms with Crippen LogP contribution in [0.25, 0.3) is 5.57 Å². The van der Waals surface area contributed by atoms with Gasteiger partial charge in [0.25, 0.3) is 0 Å². The molecule has 0 fully saturated rings. The minimum Gasteiger partial charge on any atom is -0.457 e. The van der Waals surface area contributed by atoms with Crippen LogP contribution in [0, 0.1) is 0 Å². The Balaban J connectivity index is 2.10. The molecular formula is C29H35NO4. The van der Waals surface area contributed by atoms with Gasteiger partial charge in [-0.2, -0.15) is 0 Å². The van der Waals surface area contributed by atoms with Gasteiger partial charge in [-0.3, -0.25) is 4.90 Å². The molecule has 0 N–H and O–H groups in total. The van der Waals surface area contributed by atoms with E-state index in [1.807, 2.05) is 114 Å². The van der Waals surface area contributed by atoms with Crippen LogP contribution in [0.3, 0.4) is 0 Å². The zero-order valence-corrected chi connectivity index (χ0v) is 21.0. The lowest BCUT2D eigenvalue weighted by Gasteiger charge is -2.30. The summed E-state index contributed by atoms with van der Waals surface area (Å²) >= 11 is 0. The van der Waals surface area contributed by atoms with Gasteiger partial charge in [0.2, 0.25) is 0 Å². The van der Waals surface area contributed by atoms with E-state index in [4.69, 9.17) is 9.47 Å². The predicted molar refractivity (Wildman–Crippen MR) is 135 cm³/mol. The Morgan fingerprint density at radius 1 is 0.824 bits per heavy atom. The quantitative estimate of drug-likeness (QED) is 0.294. The fraction of sp³-hybridized carbons (Fsp3) is 0.379. The maximum absolute atomic E-state index is 13.6. The summed E-state index contributed by atoms with van der Waals surface area (Å²) in [7, 11) is 0. The van der Waals surface area contributed by atoms with E-state index in [0.29, 0.717) is 18.5 Å². The highest BCUT2D eigenvalue weighted by molar-refractivity contribution is 6.02. The lowest BCUT2D eigenvalue weighted by atomic mass is 9.89. The SMILES string of the molecule is CC(C)(C)OC(=O)C(CC1C=CCN1C(=O)OC(C)(C)C)=C(c1ccccc1)c1ccccc1. The number of nitrogens with zero attached hydrogens (tertiary/aromatic N) is 1. The maximum atomic E-state index is 13.6. The fourth-order valence-electron chi connectivity index (χ4n) is 3.84. The second kappa shape index (κ2) is 10.3. The van der Waals surface area contributed by atoms with Crippen LogP contribution in [0.5, 0.6) is 0 Å². The number of hydrogen-bond acceptors (Lipinski definition) is 4. The van der Waals surface area contributed by atoms with E-state index in [1.54, 1.807) is 4.90 Å². The molecule has 2 aromatic rings. The van der Waals surface area contributed by atoms with Crippen LogP contribution >= 0.6 is 0 Å². The zero-order valence-electron chi connectivity index (χ0n) is 21.0. The van der Waals surface area contributed by atoms with E-state index in [1.165, 1.54) is 0 Å². The average molecular weight is 462 g/mol. The van der Waals surface area contributed by atoms with Gasteiger partial charge >= 0.3 is 12.1 Å². The van der Waals surface area contributed by atoms with Gasteiger partial charge in [-0.05, 0) is 58.2 Å². The molecule has 1 aliphatic rings. The van der Waals surface area contributed by atoms with Crippen molar-refractivity contribution in [1.29, 1.82) is 0 Å². The summed E-state index contributed by atoms with van der Waals surface area (Å²) in [5.41, 5.74) is 1.91. The third kappa shape index (κ3) is 6.83. The van der Waals surface area contributed by atoms with Crippen LogP contribution in [-0.2, 0) is 14.3 Å². The molecule has 1 unspecified atom stereocenters. The Morgan fingerprint density at radius 3 is 1.79 bits per heavy atom. The predicted octanol–water partition coefficient (Wildman–Crippen LogP) is 6.40. The molecule has 0 spiro atoms. The van der Waals surface area contributed by atoms with Crippen LogP contribution in [0.15, 0.2) is 78.4 Å². The Labute approximate surface area is 203 Å². The van der Waals surface area contributed by atoms with Crippen molar-refractivity contribution in [1.82, 2.24) is 4.90 Å².